The van der Waals surface area contributed by atoms with Crippen LogP contribution < -0.4 is 4.74 Å². The molecule has 0 aliphatic carbocycles. The minimum absolute atomic E-state index is 0.0452. The van der Waals surface area contributed by atoms with Crippen molar-refractivity contribution in [3.63, 3.8) is 0 Å². The average Bonchev–Trinajstić information content (AvgIpc) is 2.79. The molecule has 0 fully saturated rings. The maximum atomic E-state index is 12.4. The molecule has 8 heteroatoms. The van der Waals surface area contributed by atoms with Crippen molar-refractivity contribution in [2.75, 3.05) is 27.4 Å². The minimum atomic E-state index is -0.679. The lowest BCUT2D eigenvalue weighted by Crippen LogP contribution is -2.37. The highest BCUT2D eigenvalue weighted by molar-refractivity contribution is 6.03. The monoisotopic (exact) mass is 365 g/mol. The summed E-state index contributed by atoms with van der Waals surface area (Å²) in [6.07, 6.45) is -0.481. The molecule has 8 nitrogen and oxygen atoms in total. The standard InChI is InChI=1S/C18H23NO7/c1-18(2,3)26-17(22)19-6-7-25-14-9-13(16(21)24-5)12(15(20)23-4)8-11(14)10-19/h8-9H,6-7,10H2,1-5H3. The number of amides is 1. The summed E-state index contributed by atoms with van der Waals surface area (Å²) in [7, 11) is 2.44. The molecule has 1 aromatic carbocycles. The molecule has 0 atom stereocenters. The van der Waals surface area contributed by atoms with Crippen LogP contribution in [0.3, 0.4) is 0 Å². The van der Waals surface area contributed by atoms with E-state index in [4.69, 9.17) is 18.9 Å². The van der Waals surface area contributed by atoms with E-state index in [9.17, 15) is 14.4 Å². The van der Waals surface area contributed by atoms with Crippen LogP contribution in [-0.4, -0.2) is 55.9 Å². The van der Waals surface area contributed by atoms with Crippen molar-refractivity contribution < 1.29 is 33.3 Å². The van der Waals surface area contributed by atoms with Gasteiger partial charge in [0.05, 0.1) is 38.4 Å². The van der Waals surface area contributed by atoms with Crippen molar-refractivity contribution in [1.29, 1.82) is 0 Å². The molecular weight excluding hydrogens is 342 g/mol. The van der Waals surface area contributed by atoms with E-state index in [1.165, 1.54) is 31.3 Å². The van der Waals surface area contributed by atoms with Gasteiger partial charge in [-0.25, -0.2) is 14.4 Å². The van der Waals surface area contributed by atoms with Crippen molar-refractivity contribution in [3.8, 4) is 5.75 Å². The van der Waals surface area contributed by atoms with Gasteiger partial charge >= 0.3 is 18.0 Å². The number of rotatable bonds is 2. The van der Waals surface area contributed by atoms with E-state index in [0.29, 0.717) is 17.9 Å². The Balaban J connectivity index is 2.40. The molecule has 0 bridgehead atoms. The Hall–Kier alpha value is -2.77. The average molecular weight is 365 g/mol. The van der Waals surface area contributed by atoms with Crippen LogP contribution in [0.1, 0.15) is 47.1 Å². The van der Waals surface area contributed by atoms with Gasteiger partial charge in [0.1, 0.15) is 18.0 Å². The molecule has 0 aromatic heterocycles. The number of fused-ring (bicyclic) bond motifs is 1. The Morgan fingerprint density at radius 2 is 1.62 bits per heavy atom. The van der Waals surface area contributed by atoms with Crippen LogP contribution in [0, 0.1) is 0 Å². The summed E-state index contributed by atoms with van der Waals surface area (Å²) in [4.78, 5) is 37.9. The maximum Gasteiger partial charge on any atom is 0.410 e. The minimum Gasteiger partial charge on any atom is -0.491 e. The first-order valence-corrected chi connectivity index (χ1v) is 8.10. The van der Waals surface area contributed by atoms with Gasteiger partial charge in [-0.3, -0.25) is 0 Å². The summed E-state index contributed by atoms with van der Waals surface area (Å²) in [5, 5.41) is 0. The van der Waals surface area contributed by atoms with E-state index >= 15 is 0 Å². The molecule has 0 radical (unpaired) electrons. The first-order valence-electron chi connectivity index (χ1n) is 8.10. The van der Waals surface area contributed by atoms with Crippen LogP contribution in [0.5, 0.6) is 5.75 Å². The molecule has 0 unspecified atom stereocenters. The molecule has 1 aliphatic rings. The SMILES string of the molecule is COC(=O)c1cc2c(cc1C(=O)OC)OCCN(C(=O)OC(C)(C)C)C2. The van der Waals surface area contributed by atoms with Crippen LogP contribution in [0.25, 0.3) is 0 Å². The zero-order chi connectivity index (χ0) is 19.5. The lowest BCUT2D eigenvalue weighted by molar-refractivity contribution is 0.0225. The van der Waals surface area contributed by atoms with Crippen molar-refractivity contribution in [1.82, 2.24) is 4.90 Å². The number of carbonyl (C=O) groups excluding carboxylic acids is 3. The van der Waals surface area contributed by atoms with E-state index in [0.717, 1.165) is 0 Å². The number of ether oxygens (including phenoxy) is 4. The van der Waals surface area contributed by atoms with E-state index in [1.807, 2.05) is 0 Å². The second kappa shape index (κ2) is 7.63. The molecule has 2 rings (SSSR count). The van der Waals surface area contributed by atoms with Gasteiger partial charge in [0.2, 0.25) is 0 Å². The lowest BCUT2D eigenvalue weighted by atomic mass is 10.0. The number of hydrogen-bond acceptors (Lipinski definition) is 7. The van der Waals surface area contributed by atoms with Gasteiger partial charge in [0.25, 0.3) is 0 Å². The van der Waals surface area contributed by atoms with Gasteiger partial charge in [-0.05, 0) is 32.9 Å². The van der Waals surface area contributed by atoms with Crippen molar-refractivity contribution in [2.45, 2.75) is 32.9 Å². The first-order chi connectivity index (χ1) is 12.2. The normalized spacial score (nSPS) is 13.8. The number of methoxy groups -OCH3 is 2. The molecule has 26 heavy (non-hydrogen) atoms. The van der Waals surface area contributed by atoms with Crippen molar-refractivity contribution >= 4 is 18.0 Å². The van der Waals surface area contributed by atoms with Crippen LogP contribution in [0.2, 0.25) is 0 Å². The van der Waals surface area contributed by atoms with Crippen molar-refractivity contribution in [3.05, 3.63) is 28.8 Å². The lowest BCUT2D eigenvalue weighted by Gasteiger charge is -2.26. The summed E-state index contributed by atoms with van der Waals surface area (Å²) in [6, 6.07) is 2.92. The number of nitrogens with zero attached hydrogens (tertiary/aromatic N) is 1. The van der Waals surface area contributed by atoms with E-state index in [2.05, 4.69) is 0 Å². The van der Waals surface area contributed by atoms with E-state index in [-0.39, 0.29) is 24.3 Å². The maximum absolute atomic E-state index is 12.4. The molecule has 1 amide bonds. The molecular formula is C18H23NO7. The molecule has 0 saturated carbocycles. The summed E-state index contributed by atoms with van der Waals surface area (Å²) >= 11 is 0. The predicted octanol–water partition coefficient (Wildman–Crippen LogP) is 2.39. The summed E-state index contributed by atoms with van der Waals surface area (Å²) in [6.45, 7) is 6.06. The summed E-state index contributed by atoms with van der Waals surface area (Å²) in [5.41, 5.74) is 0.0388. The third kappa shape index (κ3) is 4.44. The topological polar surface area (TPSA) is 91.4 Å². The fourth-order valence-electron chi connectivity index (χ4n) is 2.47. The third-order valence-corrected chi connectivity index (χ3v) is 3.64. The Morgan fingerprint density at radius 1 is 1.04 bits per heavy atom. The second-order valence-electron chi connectivity index (χ2n) is 6.74. The Kier molecular flexibility index (Phi) is 5.74. The number of esters is 2. The van der Waals surface area contributed by atoms with Gasteiger partial charge in [-0.2, -0.15) is 0 Å². The van der Waals surface area contributed by atoms with Gasteiger partial charge in [0, 0.05) is 5.56 Å². The third-order valence-electron chi connectivity index (χ3n) is 3.64. The van der Waals surface area contributed by atoms with E-state index < -0.39 is 23.6 Å². The van der Waals surface area contributed by atoms with E-state index in [1.54, 1.807) is 20.8 Å². The van der Waals surface area contributed by atoms with Gasteiger partial charge < -0.3 is 23.8 Å². The molecule has 0 spiro atoms. The highest BCUT2D eigenvalue weighted by atomic mass is 16.6. The van der Waals surface area contributed by atoms with Crippen LogP contribution in [-0.2, 0) is 20.8 Å². The predicted molar refractivity (Wildman–Crippen MR) is 91.3 cm³/mol. The Labute approximate surface area is 152 Å². The Morgan fingerprint density at radius 3 is 2.15 bits per heavy atom. The van der Waals surface area contributed by atoms with Crippen LogP contribution in [0.15, 0.2) is 12.1 Å². The molecule has 142 valence electrons. The zero-order valence-electron chi connectivity index (χ0n) is 15.6. The highest BCUT2D eigenvalue weighted by Crippen LogP contribution is 2.29. The molecule has 0 saturated heterocycles. The second-order valence-corrected chi connectivity index (χ2v) is 6.74. The molecule has 1 aromatic rings. The smallest absolute Gasteiger partial charge is 0.410 e. The molecule has 0 N–H and O–H groups in total. The quantitative estimate of drug-likeness (QED) is 0.587. The number of hydrogen-bond donors (Lipinski definition) is 0. The summed E-state index contributed by atoms with van der Waals surface area (Å²) < 4.78 is 20.5. The van der Waals surface area contributed by atoms with Crippen LogP contribution >= 0.6 is 0 Å². The van der Waals surface area contributed by atoms with Gasteiger partial charge in [0.15, 0.2) is 0 Å². The molecule has 1 heterocycles. The number of carbonyl (C=O) groups is 3. The largest absolute Gasteiger partial charge is 0.491 e. The first kappa shape index (κ1) is 19.6. The zero-order valence-corrected chi connectivity index (χ0v) is 15.6. The van der Waals surface area contributed by atoms with Gasteiger partial charge in [-0.1, -0.05) is 0 Å². The summed E-state index contributed by atoms with van der Waals surface area (Å²) in [5.74, 6) is -0.949. The fraction of sp³-hybridized carbons (Fsp3) is 0.500. The fourth-order valence-corrected chi connectivity index (χ4v) is 2.47. The van der Waals surface area contributed by atoms with Crippen LogP contribution in [0.4, 0.5) is 4.79 Å². The number of benzene rings is 1. The van der Waals surface area contributed by atoms with Gasteiger partial charge in [-0.15, -0.1) is 0 Å². The molecule has 1 aliphatic heterocycles. The highest BCUT2D eigenvalue weighted by Gasteiger charge is 2.28. The Bertz CT molecular complexity index is 721. The van der Waals surface area contributed by atoms with Crippen molar-refractivity contribution in [2.24, 2.45) is 0 Å².